The first-order chi connectivity index (χ1) is 9.95. The molecule has 2 rings (SSSR count). The van der Waals surface area contributed by atoms with E-state index < -0.39 is 0 Å². The van der Waals surface area contributed by atoms with Crippen LogP contribution in [0.2, 0.25) is 0 Å². The van der Waals surface area contributed by atoms with Crippen LogP contribution in [0, 0.1) is 12.8 Å². The number of hydrogen-bond donors (Lipinski definition) is 3. The third-order valence-corrected chi connectivity index (χ3v) is 3.53. The summed E-state index contributed by atoms with van der Waals surface area (Å²) in [4.78, 5) is 20.6. The van der Waals surface area contributed by atoms with Gasteiger partial charge >= 0.3 is 0 Å². The molecule has 0 bridgehead atoms. The summed E-state index contributed by atoms with van der Waals surface area (Å²) in [6.07, 6.45) is 0. The molecule has 9 heteroatoms. The lowest BCUT2D eigenvalue weighted by atomic mass is 10.2. The van der Waals surface area contributed by atoms with Gasteiger partial charge in [0.05, 0.1) is 6.54 Å². The molecule has 2 aromatic heterocycles. The number of nitrogen functional groups attached to an aromatic ring is 1. The zero-order chi connectivity index (χ0) is 15.4. The van der Waals surface area contributed by atoms with E-state index in [9.17, 15) is 4.79 Å². The Morgan fingerprint density at radius 3 is 2.81 bits per heavy atom. The number of nitrogens with one attached hydrogen (secondary N) is 2. The first-order valence-corrected chi connectivity index (χ1v) is 7.35. The lowest BCUT2D eigenvalue weighted by molar-refractivity contribution is 0.0954. The molecule has 0 spiro atoms. The van der Waals surface area contributed by atoms with E-state index in [2.05, 4.69) is 39.6 Å². The van der Waals surface area contributed by atoms with Crippen LogP contribution in [0.4, 0.5) is 10.9 Å². The Kier molecular flexibility index (Phi) is 4.73. The number of aryl methyl sites for hydroxylation is 1. The molecule has 4 N–H and O–H groups in total. The highest BCUT2D eigenvalue weighted by atomic mass is 32.1. The standard InChI is InChI=1S/C12H18N6O2S/c1-6(2)4-15-12-17-10(13)9(21-12)11(19)14-5-8-16-7(3)20-18-8/h6H,4-5,13H2,1-3H3,(H,14,19)(H,15,17). The number of carbonyl (C=O) groups is 1. The summed E-state index contributed by atoms with van der Waals surface area (Å²) in [5, 5.41) is 10.2. The highest BCUT2D eigenvalue weighted by molar-refractivity contribution is 7.18. The van der Waals surface area contributed by atoms with Crippen molar-refractivity contribution in [2.45, 2.75) is 27.3 Å². The quantitative estimate of drug-likeness (QED) is 0.738. The summed E-state index contributed by atoms with van der Waals surface area (Å²) in [6.45, 7) is 6.82. The SMILES string of the molecule is Cc1nc(CNC(=O)c2sc(NCC(C)C)nc2N)no1. The smallest absolute Gasteiger partial charge is 0.265 e. The van der Waals surface area contributed by atoms with Crippen LogP contribution in [0.3, 0.4) is 0 Å². The first-order valence-electron chi connectivity index (χ1n) is 6.53. The second-order valence-corrected chi connectivity index (χ2v) is 5.92. The van der Waals surface area contributed by atoms with Crippen molar-refractivity contribution >= 4 is 28.2 Å². The second kappa shape index (κ2) is 6.53. The number of carbonyl (C=O) groups excluding carboxylic acids is 1. The van der Waals surface area contributed by atoms with Crippen molar-refractivity contribution in [3.63, 3.8) is 0 Å². The molecular weight excluding hydrogens is 292 g/mol. The Morgan fingerprint density at radius 2 is 2.19 bits per heavy atom. The third-order valence-electron chi connectivity index (χ3n) is 2.50. The molecule has 0 saturated carbocycles. The van der Waals surface area contributed by atoms with Gasteiger partial charge in [-0.15, -0.1) is 0 Å². The van der Waals surface area contributed by atoms with E-state index in [1.807, 2.05) is 0 Å². The zero-order valence-electron chi connectivity index (χ0n) is 12.1. The average Bonchev–Trinajstić information content (AvgIpc) is 3.00. The fraction of sp³-hybridized carbons (Fsp3) is 0.500. The highest BCUT2D eigenvalue weighted by Gasteiger charge is 2.16. The Balaban J connectivity index is 1.95. The summed E-state index contributed by atoms with van der Waals surface area (Å²) < 4.78 is 4.83. The molecule has 0 radical (unpaired) electrons. The van der Waals surface area contributed by atoms with Gasteiger partial charge in [0.2, 0.25) is 5.89 Å². The molecule has 0 aliphatic heterocycles. The van der Waals surface area contributed by atoms with Gasteiger partial charge < -0.3 is 20.9 Å². The van der Waals surface area contributed by atoms with Gasteiger partial charge in [-0.25, -0.2) is 4.98 Å². The van der Waals surface area contributed by atoms with Crippen molar-refractivity contribution in [3.8, 4) is 0 Å². The number of amides is 1. The maximum atomic E-state index is 12.1. The molecule has 0 saturated heterocycles. The molecule has 0 atom stereocenters. The Morgan fingerprint density at radius 1 is 1.43 bits per heavy atom. The van der Waals surface area contributed by atoms with Gasteiger partial charge in [-0.05, 0) is 5.92 Å². The van der Waals surface area contributed by atoms with Crippen LogP contribution in [0.1, 0.15) is 35.2 Å². The summed E-state index contributed by atoms with van der Waals surface area (Å²) in [6, 6.07) is 0. The second-order valence-electron chi connectivity index (χ2n) is 4.92. The highest BCUT2D eigenvalue weighted by Crippen LogP contribution is 2.25. The monoisotopic (exact) mass is 310 g/mol. The van der Waals surface area contributed by atoms with Crippen LogP contribution in [0.25, 0.3) is 0 Å². The molecule has 1 amide bonds. The van der Waals surface area contributed by atoms with Gasteiger partial charge in [0, 0.05) is 13.5 Å². The van der Waals surface area contributed by atoms with Gasteiger partial charge in [-0.2, -0.15) is 4.98 Å². The molecule has 114 valence electrons. The minimum Gasteiger partial charge on any atom is -0.382 e. The van der Waals surface area contributed by atoms with E-state index >= 15 is 0 Å². The Bertz CT molecular complexity index is 621. The third kappa shape index (κ3) is 4.15. The van der Waals surface area contributed by atoms with Crippen molar-refractivity contribution < 1.29 is 9.32 Å². The summed E-state index contributed by atoms with van der Waals surface area (Å²) >= 11 is 1.23. The molecule has 8 nitrogen and oxygen atoms in total. The summed E-state index contributed by atoms with van der Waals surface area (Å²) in [7, 11) is 0. The van der Waals surface area contributed by atoms with Crippen molar-refractivity contribution in [3.05, 3.63) is 16.6 Å². The van der Waals surface area contributed by atoms with Crippen molar-refractivity contribution in [1.82, 2.24) is 20.4 Å². The lowest BCUT2D eigenvalue weighted by Crippen LogP contribution is -2.23. The van der Waals surface area contributed by atoms with E-state index in [4.69, 9.17) is 10.3 Å². The number of nitrogens with two attached hydrogens (primary N) is 1. The predicted molar refractivity (Wildman–Crippen MR) is 80.1 cm³/mol. The van der Waals surface area contributed by atoms with E-state index in [-0.39, 0.29) is 18.3 Å². The van der Waals surface area contributed by atoms with Crippen molar-refractivity contribution in [1.29, 1.82) is 0 Å². The van der Waals surface area contributed by atoms with Crippen LogP contribution in [-0.2, 0) is 6.54 Å². The number of nitrogens with zero attached hydrogens (tertiary/aromatic N) is 3. The van der Waals surface area contributed by atoms with Crippen LogP contribution >= 0.6 is 11.3 Å². The normalized spacial score (nSPS) is 10.9. The topological polar surface area (TPSA) is 119 Å². The predicted octanol–water partition coefficient (Wildman–Crippen LogP) is 1.41. The molecule has 21 heavy (non-hydrogen) atoms. The molecule has 0 aromatic carbocycles. The molecule has 2 heterocycles. The van der Waals surface area contributed by atoms with Gasteiger partial charge in [0.1, 0.15) is 10.7 Å². The maximum Gasteiger partial charge on any atom is 0.265 e. The first kappa shape index (κ1) is 15.2. The fourth-order valence-electron chi connectivity index (χ4n) is 1.51. The minimum absolute atomic E-state index is 0.183. The van der Waals surface area contributed by atoms with Crippen molar-refractivity contribution in [2.24, 2.45) is 5.92 Å². The van der Waals surface area contributed by atoms with E-state index in [1.54, 1.807) is 6.92 Å². The molecule has 0 unspecified atom stereocenters. The minimum atomic E-state index is -0.301. The number of hydrogen-bond acceptors (Lipinski definition) is 8. The molecule has 0 fully saturated rings. The summed E-state index contributed by atoms with van der Waals surface area (Å²) in [5.74, 6) is 1.27. The molecular formula is C12H18N6O2S. The van der Waals surface area contributed by atoms with Crippen LogP contribution in [0.5, 0.6) is 0 Å². The average molecular weight is 310 g/mol. The maximum absolute atomic E-state index is 12.1. The van der Waals surface area contributed by atoms with E-state index in [1.165, 1.54) is 11.3 Å². The largest absolute Gasteiger partial charge is 0.382 e. The molecule has 2 aromatic rings. The lowest BCUT2D eigenvalue weighted by Gasteiger charge is -2.04. The van der Waals surface area contributed by atoms with Gasteiger partial charge in [-0.3, -0.25) is 4.79 Å². The number of rotatable bonds is 6. The zero-order valence-corrected chi connectivity index (χ0v) is 13.0. The Labute approximate surface area is 126 Å². The summed E-state index contributed by atoms with van der Waals surface area (Å²) in [5.41, 5.74) is 5.77. The van der Waals surface area contributed by atoms with Gasteiger partial charge in [-0.1, -0.05) is 30.3 Å². The molecule has 0 aliphatic rings. The van der Waals surface area contributed by atoms with E-state index in [0.717, 1.165) is 6.54 Å². The van der Waals surface area contributed by atoms with Crippen LogP contribution in [0.15, 0.2) is 4.52 Å². The van der Waals surface area contributed by atoms with E-state index in [0.29, 0.717) is 27.6 Å². The number of thiazole rings is 1. The van der Waals surface area contributed by atoms with Crippen molar-refractivity contribution in [2.75, 3.05) is 17.6 Å². The van der Waals surface area contributed by atoms with Crippen LogP contribution < -0.4 is 16.4 Å². The van der Waals surface area contributed by atoms with Crippen LogP contribution in [-0.4, -0.2) is 27.6 Å². The van der Waals surface area contributed by atoms with Gasteiger partial charge in [0.15, 0.2) is 11.0 Å². The van der Waals surface area contributed by atoms with Gasteiger partial charge in [0.25, 0.3) is 5.91 Å². The molecule has 0 aliphatic carbocycles. The number of aromatic nitrogens is 3. The Hall–Kier alpha value is -2.16. The fourth-order valence-corrected chi connectivity index (χ4v) is 2.32. The number of anilines is 2.